The Balaban J connectivity index is 1.77. The zero-order valence-corrected chi connectivity index (χ0v) is 16.0. The number of aliphatic imine (C=N–C) groups is 1. The molecule has 31 heavy (non-hydrogen) atoms. The van der Waals surface area contributed by atoms with Crippen molar-refractivity contribution >= 4 is 17.6 Å². The molecule has 0 saturated heterocycles. The van der Waals surface area contributed by atoms with Gasteiger partial charge in [-0.05, 0) is 18.2 Å². The molecule has 4 rings (SSSR count). The fraction of sp³-hybridized carbons (Fsp3) is 0.421. The number of halogens is 5. The first-order valence-corrected chi connectivity index (χ1v) is 9.23. The summed E-state index contributed by atoms with van der Waals surface area (Å²) in [6.07, 6.45) is -5.48. The van der Waals surface area contributed by atoms with Gasteiger partial charge in [0.15, 0.2) is 17.1 Å². The minimum absolute atomic E-state index is 0.0661. The Morgan fingerprint density at radius 3 is 2.71 bits per heavy atom. The van der Waals surface area contributed by atoms with Crippen LogP contribution in [0.2, 0.25) is 0 Å². The number of nitrogens with one attached hydrogen (secondary N) is 1. The number of benzene rings is 1. The van der Waals surface area contributed by atoms with E-state index in [4.69, 9.17) is 14.9 Å². The monoisotopic (exact) mass is 444 g/mol. The van der Waals surface area contributed by atoms with Crippen molar-refractivity contribution in [3.8, 4) is 0 Å². The number of hydrogen-bond donors (Lipinski definition) is 2. The van der Waals surface area contributed by atoms with Gasteiger partial charge in [0.2, 0.25) is 0 Å². The van der Waals surface area contributed by atoms with Crippen LogP contribution in [0.3, 0.4) is 0 Å². The minimum Gasteiger partial charge on any atom is -0.461 e. The molecule has 1 amide bonds. The van der Waals surface area contributed by atoms with E-state index in [0.29, 0.717) is 0 Å². The summed E-state index contributed by atoms with van der Waals surface area (Å²) in [5, 5.41) is 2.39. The van der Waals surface area contributed by atoms with Gasteiger partial charge in [0.05, 0.1) is 0 Å². The van der Waals surface area contributed by atoms with E-state index in [1.165, 1.54) is 6.92 Å². The number of rotatable bonds is 4. The van der Waals surface area contributed by atoms with Gasteiger partial charge in [-0.1, -0.05) is 0 Å². The first-order chi connectivity index (χ1) is 14.5. The van der Waals surface area contributed by atoms with E-state index >= 15 is 0 Å². The number of anilines is 1. The van der Waals surface area contributed by atoms with Crippen LogP contribution >= 0.6 is 0 Å². The highest BCUT2D eigenvalue weighted by atomic mass is 19.3. The van der Waals surface area contributed by atoms with E-state index in [9.17, 15) is 26.7 Å². The zero-order chi connectivity index (χ0) is 22.6. The van der Waals surface area contributed by atoms with Crippen molar-refractivity contribution in [2.75, 3.05) is 5.32 Å². The summed E-state index contributed by atoms with van der Waals surface area (Å²) >= 11 is 0. The number of aromatic nitrogens is 1. The molecule has 3 N–H and O–H groups in total. The summed E-state index contributed by atoms with van der Waals surface area (Å²) in [6.45, 7) is 1.51. The first-order valence-electron chi connectivity index (χ1n) is 9.23. The standard InChI is InChI=1S/C19H17F5N4O3/c1-8-26-13(7-30-8)15(29)27-9-2-3-12(20)10(4-9)19(16(21)22)11-5-18(23,24)6-14(11)31-17(25)28-19/h2-4,7,11,14,16H,5-6H2,1H3,(H2,25,28)(H,27,29)/t11?,14-,19?/m0/s1. The molecular formula is C19H17F5N4O3. The van der Waals surface area contributed by atoms with E-state index in [2.05, 4.69) is 15.3 Å². The van der Waals surface area contributed by atoms with E-state index in [0.717, 1.165) is 24.5 Å². The summed E-state index contributed by atoms with van der Waals surface area (Å²) in [5.41, 5.74) is 1.99. The Morgan fingerprint density at radius 1 is 1.32 bits per heavy atom. The van der Waals surface area contributed by atoms with Crippen LogP contribution in [0.5, 0.6) is 0 Å². The second kappa shape index (κ2) is 7.20. The van der Waals surface area contributed by atoms with Gasteiger partial charge < -0.3 is 20.2 Å². The number of hydrogen-bond acceptors (Lipinski definition) is 6. The number of carbonyl (C=O) groups is 1. The second-order valence-corrected chi connectivity index (χ2v) is 7.50. The second-order valence-electron chi connectivity index (χ2n) is 7.50. The molecule has 0 radical (unpaired) electrons. The molecule has 1 saturated carbocycles. The average Bonchev–Trinajstić information content (AvgIpc) is 3.24. The van der Waals surface area contributed by atoms with E-state index in [-0.39, 0.29) is 17.3 Å². The van der Waals surface area contributed by atoms with Crippen molar-refractivity contribution in [2.45, 2.75) is 43.8 Å². The molecular weight excluding hydrogens is 427 g/mol. The molecule has 0 bridgehead atoms. The van der Waals surface area contributed by atoms with Crippen LogP contribution in [-0.4, -0.2) is 35.4 Å². The van der Waals surface area contributed by atoms with Gasteiger partial charge in [-0.2, -0.15) is 0 Å². The van der Waals surface area contributed by atoms with Crippen molar-refractivity contribution in [3.63, 3.8) is 0 Å². The lowest BCUT2D eigenvalue weighted by Crippen LogP contribution is -2.51. The van der Waals surface area contributed by atoms with Gasteiger partial charge in [0.25, 0.3) is 24.3 Å². The third kappa shape index (κ3) is 3.59. The summed E-state index contributed by atoms with van der Waals surface area (Å²) < 4.78 is 81.8. The van der Waals surface area contributed by atoms with Crippen LogP contribution in [0.4, 0.5) is 27.6 Å². The maximum atomic E-state index is 14.8. The normalized spacial score (nSPS) is 26.9. The molecule has 1 aliphatic carbocycles. The minimum atomic E-state index is -3.38. The number of nitrogens with zero attached hydrogens (tertiary/aromatic N) is 2. The fourth-order valence-electron chi connectivity index (χ4n) is 4.14. The Kier molecular flexibility index (Phi) is 4.90. The molecule has 3 atom stereocenters. The summed E-state index contributed by atoms with van der Waals surface area (Å²) in [5.74, 6) is -6.46. The molecule has 2 aromatic rings. The van der Waals surface area contributed by atoms with Crippen LogP contribution in [-0.2, 0) is 10.3 Å². The molecule has 7 nitrogen and oxygen atoms in total. The topological polar surface area (TPSA) is 103 Å². The number of alkyl halides is 4. The molecule has 2 unspecified atom stereocenters. The molecule has 2 aliphatic rings. The van der Waals surface area contributed by atoms with Crippen molar-refractivity contribution in [1.82, 2.24) is 4.98 Å². The van der Waals surface area contributed by atoms with Gasteiger partial charge >= 0.3 is 0 Å². The van der Waals surface area contributed by atoms with Crippen molar-refractivity contribution in [1.29, 1.82) is 0 Å². The SMILES string of the molecule is Cc1nc(C(=O)Nc2ccc(F)c(C3(C(F)F)N=C(N)O[C@H]4CC(F)(F)CC43)c2)co1. The summed E-state index contributed by atoms with van der Waals surface area (Å²) in [4.78, 5) is 19.8. The molecule has 1 fully saturated rings. The maximum Gasteiger partial charge on any atom is 0.283 e. The Hall–Kier alpha value is -3.18. The first kappa shape index (κ1) is 21.1. The molecule has 0 spiro atoms. The van der Waals surface area contributed by atoms with Gasteiger partial charge in [0.1, 0.15) is 18.2 Å². The molecule has 2 heterocycles. The van der Waals surface area contributed by atoms with Crippen LogP contribution in [0, 0.1) is 18.7 Å². The third-order valence-electron chi connectivity index (χ3n) is 5.44. The molecule has 166 valence electrons. The van der Waals surface area contributed by atoms with Crippen LogP contribution in [0.1, 0.15) is 34.8 Å². The smallest absolute Gasteiger partial charge is 0.283 e. The number of nitrogens with two attached hydrogens (primary N) is 1. The van der Waals surface area contributed by atoms with Gasteiger partial charge in [-0.3, -0.25) is 4.79 Å². The average molecular weight is 444 g/mol. The zero-order valence-electron chi connectivity index (χ0n) is 16.0. The maximum absolute atomic E-state index is 14.8. The van der Waals surface area contributed by atoms with Crippen LogP contribution in [0.15, 0.2) is 33.9 Å². The highest BCUT2D eigenvalue weighted by molar-refractivity contribution is 6.02. The van der Waals surface area contributed by atoms with Crippen molar-refractivity contribution in [2.24, 2.45) is 16.6 Å². The molecule has 1 aliphatic heterocycles. The lowest BCUT2D eigenvalue weighted by Gasteiger charge is -2.41. The van der Waals surface area contributed by atoms with Crippen molar-refractivity contribution in [3.05, 3.63) is 47.4 Å². The number of amidine groups is 1. The van der Waals surface area contributed by atoms with E-state index in [1.54, 1.807) is 0 Å². The fourth-order valence-corrected chi connectivity index (χ4v) is 4.14. The molecule has 1 aromatic heterocycles. The van der Waals surface area contributed by atoms with Crippen molar-refractivity contribution < 1.29 is 35.9 Å². The van der Waals surface area contributed by atoms with Gasteiger partial charge in [-0.25, -0.2) is 31.9 Å². The Labute approximate surface area is 172 Å². The Morgan fingerprint density at radius 2 is 2.06 bits per heavy atom. The van der Waals surface area contributed by atoms with Gasteiger partial charge in [0, 0.05) is 36.9 Å². The van der Waals surface area contributed by atoms with Gasteiger partial charge in [-0.15, -0.1) is 0 Å². The highest BCUT2D eigenvalue weighted by Gasteiger charge is 2.63. The predicted octanol–water partition coefficient (Wildman–Crippen LogP) is 3.59. The lowest BCUT2D eigenvalue weighted by atomic mass is 9.75. The van der Waals surface area contributed by atoms with E-state index < -0.39 is 66.1 Å². The summed E-state index contributed by atoms with van der Waals surface area (Å²) in [7, 11) is 0. The molecule has 12 heteroatoms. The molecule has 1 aromatic carbocycles. The summed E-state index contributed by atoms with van der Waals surface area (Å²) in [6, 6.07) is 2.18. The number of carbonyl (C=O) groups excluding carboxylic acids is 1. The predicted molar refractivity (Wildman–Crippen MR) is 97.4 cm³/mol. The van der Waals surface area contributed by atoms with E-state index in [1.807, 2.05) is 0 Å². The number of oxazole rings is 1. The largest absolute Gasteiger partial charge is 0.461 e. The third-order valence-corrected chi connectivity index (χ3v) is 5.44. The number of fused-ring (bicyclic) bond motifs is 1. The number of amides is 1. The highest BCUT2D eigenvalue weighted by Crippen LogP contribution is 2.55. The van der Waals surface area contributed by atoms with Crippen LogP contribution < -0.4 is 11.1 Å². The Bertz CT molecular complexity index is 1060. The van der Waals surface area contributed by atoms with Crippen LogP contribution in [0.25, 0.3) is 0 Å². The number of ether oxygens (including phenoxy) is 1. The lowest BCUT2D eigenvalue weighted by molar-refractivity contribution is -0.0392. The number of aryl methyl sites for hydroxylation is 1. The quantitative estimate of drug-likeness (QED) is 0.702.